The Kier molecular flexibility index (Phi) is 11.6. The van der Waals surface area contributed by atoms with Crippen LogP contribution in [0.25, 0.3) is 11.0 Å². The van der Waals surface area contributed by atoms with E-state index in [1.807, 2.05) is 0 Å². The third-order valence-electron chi connectivity index (χ3n) is 7.53. The normalized spacial score (nSPS) is 10.6. The van der Waals surface area contributed by atoms with Crippen molar-refractivity contribution in [2.75, 3.05) is 27.8 Å². The topological polar surface area (TPSA) is 225 Å². The van der Waals surface area contributed by atoms with E-state index in [2.05, 4.69) is 49.1 Å². The van der Waals surface area contributed by atoms with E-state index in [4.69, 9.17) is 15.6 Å². The second-order valence-electron chi connectivity index (χ2n) is 11.3. The van der Waals surface area contributed by atoms with E-state index >= 15 is 0 Å². The van der Waals surface area contributed by atoms with Crippen LogP contribution in [0.15, 0.2) is 76.4 Å². The predicted molar refractivity (Wildman–Crippen MR) is 191 cm³/mol. The molecule has 5 aromatic rings. The molecule has 0 bridgehead atoms. The van der Waals surface area contributed by atoms with Gasteiger partial charge in [0.2, 0.25) is 5.84 Å². The molecule has 4 heterocycles. The molecule has 1 aromatic carbocycles. The lowest BCUT2D eigenvalue weighted by Crippen LogP contribution is -3.00. The first-order valence-electron chi connectivity index (χ1n) is 15.0. The Morgan fingerprint density at radius 1 is 0.784 bits per heavy atom. The van der Waals surface area contributed by atoms with E-state index in [-0.39, 0.29) is 52.3 Å². The zero-order valence-corrected chi connectivity index (χ0v) is 29.9. The van der Waals surface area contributed by atoms with Crippen molar-refractivity contribution in [3.63, 3.8) is 0 Å². The molecular weight excluding hydrogens is 748 g/mol. The summed E-state index contributed by atoms with van der Waals surface area (Å²) < 4.78 is 10.5. The molecule has 0 aliphatic heterocycles. The number of carbonyl (C=O) groups is 5. The summed E-state index contributed by atoms with van der Waals surface area (Å²) >= 11 is 3.03. The van der Waals surface area contributed by atoms with Crippen molar-refractivity contribution in [2.24, 2.45) is 26.9 Å². The highest BCUT2D eigenvalue weighted by molar-refractivity contribution is 9.12. The quantitative estimate of drug-likeness (QED) is 0.0489. The summed E-state index contributed by atoms with van der Waals surface area (Å²) in [6.07, 6.45) is 3.48. The van der Waals surface area contributed by atoms with Crippen LogP contribution in [0.2, 0.25) is 0 Å². The number of amidine groups is 1. The SMILES string of the molecule is C=C(Br)C(=O)Nc1ccc2oc(C(=O)Nc3cc(C(=O)Nc4cc(C(=O)Nc5ccc(C(=O)NCCC(N)=[NH2+])n5C)n(C)c4)n(C)c3)cc2c1.[Cl-]. The Balaban J connectivity index is 0.00000583. The number of nitrogens with one attached hydrogen (secondary N) is 5. The lowest BCUT2D eigenvalue weighted by molar-refractivity contribution is -0.118. The maximum absolute atomic E-state index is 13.2. The number of halogens is 2. The number of nitrogens with two attached hydrogens (primary N) is 2. The van der Waals surface area contributed by atoms with Gasteiger partial charge in [-0.25, -0.2) is 0 Å². The molecule has 0 saturated carbocycles. The van der Waals surface area contributed by atoms with Gasteiger partial charge >= 0.3 is 0 Å². The zero-order valence-electron chi connectivity index (χ0n) is 27.6. The second-order valence-corrected chi connectivity index (χ2v) is 12.2. The van der Waals surface area contributed by atoms with Gasteiger partial charge in [-0.15, -0.1) is 0 Å². The van der Waals surface area contributed by atoms with Crippen molar-refractivity contribution in [2.45, 2.75) is 6.42 Å². The number of carbonyl (C=O) groups excluding carboxylic acids is 5. The van der Waals surface area contributed by atoms with Crippen molar-refractivity contribution >= 4 is 85.2 Å². The number of benzene rings is 1. The van der Waals surface area contributed by atoms with Gasteiger partial charge in [0.25, 0.3) is 29.5 Å². The molecule has 0 unspecified atom stereocenters. The van der Waals surface area contributed by atoms with Gasteiger partial charge in [0.05, 0.1) is 22.3 Å². The lowest BCUT2D eigenvalue weighted by atomic mass is 10.2. The molecule has 18 heteroatoms. The first-order chi connectivity index (χ1) is 23.7. The highest BCUT2D eigenvalue weighted by Gasteiger charge is 2.20. The summed E-state index contributed by atoms with van der Waals surface area (Å²) in [7, 11) is 4.94. The molecule has 9 N–H and O–H groups in total. The number of fused-ring (bicyclic) bond motifs is 1. The zero-order chi connectivity index (χ0) is 36.3. The predicted octanol–water partition coefficient (Wildman–Crippen LogP) is -0.707. The van der Waals surface area contributed by atoms with E-state index in [9.17, 15) is 24.0 Å². The van der Waals surface area contributed by atoms with E-state index in [0.29, 0.717) is 46.0 Å². The first kappa shape index (κ1) is 37.7. The highest BCUT2D eigenvalue weighted by Crippen LogP contribution is 2.25. The van der Waals surface area contributed by atoms with Gasteiger partial charge in [-0.3, -0.25) is 35.1 Å². The highest BCUT2D eigenvalue weighted by atomic mass is 79.9. The minimum absolute atomic E-state index is 0. The van der Waals surface area contributed by atoms with Gasteiger partial charge in [-0.2, -0.15) is 0 Å². The van der Waals surface area contributed by atoms with E-state index in [1.54, 1.807) is 73.0 Å². The molecule has 0 radical (unpaired) electrons. The molecule has 16 nitrogen and oxygen atoms in total. The minimum atomic E-state index is -0.543. The molecule has 5 rings (SSSR count). The van der Waals surface area contributed by atoms with Gasteiger partial charge < -0.3 is 57.1 Å². The summed E-state index contributed by atoms with van der Waals surface area (Å²) in [6, 6.07) is 12.6. The van der Waals surface area contributed by atoms with Crippen LogP contribution in [-0.4, -0.2) is 55.6 Å². The van der Waals surface area contributed by atoms with Crippen LogP contribution in [0.3, 0.4) is 0 Å². The van der Waals surface area contributed by atoms with Gasteiger partial charge in [0.15, 0.2) is 5.76 Å². The maximum atomic E-state index is 13.2. The van der Waals surface area contributed by atoms with Crippen LogP contribution >= 0.6 is 15.9 Å². The van der Waals surface area contributed by atoms with E-state index in [0.717, 1.165) is 0 Å². The fourth-order valence-electron chi connectivity index (χ4n) is 4.99. The Hall–Kier alpha value is -6.07. The number of amides is 5. The second kappa shape index (κ2) is 15.6. The Bertz CT molecular complexity index is 2210. The van der Waals surface area contributed by atoms with E-state index < -0.39 is 23.6 Å². The lowest BCUT2D eigenvalue weighted by Gasteiger charge is -2.09. The van der Waals surface area contributed by atoms with Crippen LogP contribution in [-0.2, 0) is 25.9 Å². The van der Waals surface area contributed by atoms with E-state index in [1.165, 1.54) is 22.8 Å². The molecule has 266 valence electrons. The molecule has 0 saturated heterocycles. The van der Waals surface area contributed by atoms with Gasteiger partial charge in [0, 0.05) is 51.2 Å². The molecule has 4 aromatic heterocycles. The van der Waals surface area contributed by atoms with Crippen LogP contribution in [0.5, 0.6) is 0 Å². The molecule has 5 amide bonds. The number of furan rings is 1. The Labute approximate surface area is 305 Å². The average molecular weight is 782 g/mol. The minimum Gasteiger partial charge on any atom is -1.00 e. The number of hydrogen-bond acceptors (Lipinski definition) is 6. The third kappa shape index (κ3) is 8.75. The maximum Gasteiger partial charge on any atom is 0.291 e. The van der Waals surface area contributed by atoms with Crippen molar-refractivity contribution in [1.29, 1.82) is 0 Å². The van der Waals surface area contributed by atoms with Gasteiger partial charge in [-0.1, -0.05) is 6.58 Å². The number of hydrogen-bond donors (Lipinski definition) is 7. The molecule has 0 aliphatic carbocycles. The number of nitrogens with zero attached hydrogens (tertiary/aromatic N) is 3. The number of rotatable bonds is 12. The first-order valence-corrected chi connectivity index (χ1v) is 15.8. The smallest absolute Gasteiger partial charge is 0.291 e. The van der Waals surface area contributed by atoms with Crippen LogP contribution in [0, 0.1) is 0 Å². The summed E-state index contributed by atoms with van der Waals surface area (Å²) in [5.74, 6) is -1.63. The molecule has 0 atom stereocenters. The summed E-state index contributed by atoms with van der Waals surface area (Å²) in [5, 5.41) is 19.7. The van der Waals surface area contributed by atoms with Crippen molar-refractivity contribution in [3.8, 4) is 0 Å². The average Bonchev–Trinajstić information content (AvgIpc) is 3.82. The molecule has 0 fully saturated rings. The van der Waals surface area contributed by atoms with Crippen molar-refractivity contribution < 1.29 is 46.2 Å². The molecule has 0 aliphatic rings. The van der Waals surface area contributed by atoms with Crippen LogP contribution in [0.4, 0.5) is 22.9 Å². The molecular formula is C33H34BrClN10O6. The number of aromatic nitrogens is 3. The van der Waals surface area contributed by atoms with Crippen LogP contribution < -0.4 is 50.1 Å². The number of aryl methyl sites for hydroxylation is 2. The Morgan fingerprint density at radius 3 is 2.00 bits per heavy atom. The fraction of sp³-hybridized carbons (Fsp3) is 0.152. The summed E-state index contributed by atoms with van der Waals surface area (Å²) in [5.41, 5.74) is 7.88. The third-order valence-corrected chi connectivity index (χ3v) is 7.89. The monoisotopic (exact) mass is 780 g/mol. The standard InChI is InChI=1S/C33H33BrN10O6.ClH/c1-17(34)29(45)38-19-5-7-25-18(11-19)12-26(50-25)33(49)40-21-14-23(42(2)16-21)31(47)39-20-13-24(43(3)15-20)32(48)41-28-8-6-22(44(28)4)30(46)37-10-9-27(35)36;/h5-8,11-16H,1,9-10H2,2-4H3,(H3,35,36)(H,37,46)(H,38,45)(H,39,47)(H,40,49)(H,41,48);1H. The summed E-state index contributed by atoms with van der Waals surface area (Å²) in [6.45, 7) is 3.81. The van der Waals surface area contributed by atoms with Crippen LogP contribution in [0.1, 0.15) is 48.4 Å². The molecule has 0 spiro atoms. The number of anilines is 4. The molecule has 51 heavy (non-hydrogen) atoms. The van der Waals surface area contributed by atoms with Crippen molar-refractivity contribution in [1.82, 2.24) is 19.0 Å². The Morgan fingerprint density at radius 2 is 1.39 bits per heavy atom. The van der Waals surface area contributed by atoms with Crippen molar-refractivity contribution in [3.05, 3.63) is 94.8 Å². The van der Waals surface area contributed by atoms with Gasteiger partial charge in [0.1, 0.15) is 28.5 Å². The summed E-state index contributed by atoms with van der Waals surface area (Å²) in [4.78, 5) is 63.8. The van der Waals surface area contributed by atoms with Gasteiger partial charge in [-0.05, 0) is 64.5 Å². The fourth-order valence-corrected chi connectivity index (χ4v) is 5.09. The largest absolute Gasteiger partial charge is 1.00 e.